The van der Waals surface area contributed by atoms with Crippen LogP contribution in [0.4, 0.5) is 5.69 Å². The third-order valence-electron chi connectivity index (χ3n) is 3.59. The van der Waals surface area contributed by atoms with Crippen LogP contribution in [0.3, 0.4) is 0 Å². The van der Waals surface area contributed by atoms with Crippen LogP contribution in [-0.4, -0.2) is 13.0 Å². The predicted octanol–water partition coefficient (Wildman–Crippen LogP) is 4.69. The van der Waals surface area contributed by atoms with E-state index in [0.717, 1.165) is 23.4 Å². The van der Waals surface area contributed by atoms with Crippen molar-refractivity contribution in [2.24, 2.45) is 0 Å². The maximum absolute atomic E-state index is 12.0. The predicted molar refractivity (Wildman–Crippen MR) is 95.7 cm³/mol. The zero-order valence-electron chi connectivity index (χ0n) is 13.7. The molecule has 0 fully saturated rings. The van der Waals surface area contributed by atoms with Crippen LogP contribution in [0.25, 0.3) is 6.08 Å². The van der Waals surface area contributed by atoms with Crippen LogP contribution in [0.15, 0.2) is 54.6 Å². The van der Waals surface area contributed by atoms with Gasteiger partial charge in [-0.25, -0.2) is 0 Å². The first-order valence-electron chi connectivity index (χ1n) is 7.94. The molecule has 1 N–H and O–H groups in total. The van der Waals surface area contributed by atoms with E-state index >= 15 is 0 Å². The minimum absolute atomic E-state index is 0.155. The second-order valence-electron chi connectivity index (χ2n) is 5.37. The van der Waals surface area contributed by atoms with Gasteiger partial charge in [0.1, 0.15) is 5.75 Å². The summed E-state index contributed by atoms with van der Waals surface area (Å²) in [7, 11) is 1.62. The number of rotatable bonds is 7. The number of ether oxygens (including phenoxy) is 1. The van der Waals surface area contributed by atoms with Crippen molar-refractivity contribution in [1.82, 2.24) is 0 Å². The second-order valence-corrected chi connectivity index (χ2v) is 5.37. The van der Waals surface area contributed by atoms with E-state index in [1.54, 1.807) is 13.2 Å². The largest absolute Gasteiger partial charge is 0.496 e. The van der Waals surface area contributed by atoms with E-state index in [4.69, 9.17) is 4.74 Å². The fourth-order valence-corrected chi connectivity index (χ4v) is 2.29. The number of amides is 1. The minimum Gasteiger partial charge on any atom is -0.496 e. The molecule has 3 nitrogen and oxygen atoms in total. The Morgan fingerprint density at radius 2 is 1.87 bits per heavy atom. The molecular formula is C20H23NO2. The average Bonchev–Trinajstić information content (AvgIpc) is 2.59. The second kappa shape index (κ2) is 8.79. The molecule has 0 saturated heterocycles. The number of hydrogen-bond acceptors (Lipinski definition) is 2. The van der Waals surface area contributed by atoms with E-state index in [2.05, 4.69) is 24.4 Å². The van der Waals surface area contributed by atoms with E-state index in [1.807, 2.05) is 36.4 Å². The van der Waals surface area contributed by atoms with Crippen LogP contribution in [0, 0.1) is 0 Å². The van der Waals surface area contributed by atoms with Gasteiger partial charge in [-0.1, -0.05) is 43.7 Å². The van der Waals surface area contributed by atoms with E-state index in [-0.39, 0.29) is 5.91 Å². The number of hydrogen-bond donors (Lipinski definition) is 1. The van der Waals surface area contributed by atoms with Gasteiger partial charge in [-0.05, 0) is 42.7 Å². The van der Waals surface area contributed by atoms with Crippen molar-refractivity contribution in [3.05, 3.63) is 65.7 Å². The fraction of sp³-hybridized carbons (Fsp3) is 0.250. The summed E-state index contributed by atoms with van der Waals surface area (Å²) in [5.41, 5.74) is 2.98. The lowest BCUT2D eigenvalue weighted by atomic mass is 10.1. The Morgan fingerprint density at radius 3 is 2.57 bits per heavy atom. The van der Waals surface area contributed by atoms with Crippen molar-refractivity contribution < 1.29 is 9.53 Å². The summed E-state index contributed by atoms with van der Waals surface area (Å²) in [6, 6.07) is 15.6. The molecule has 0 bridgehead atoms. The highest BCUT2D eigenvalue weighted by Crippen LogP contribution is 2.18. The highest BCUT2D eigenvalue weighted by Gasteiger charge is 2.01. The van der Waals surface area contributed by atoms with Gasteiger partial charge in [0.2, 0.25) is 5.91 Å². The molecule has 2 aromatic carbocycles. The molecule has 2 rings (SSSR count). The van der Waals surface area contributed by atoms with Crippen molar-refractivity contribution in [2.75, 3.05) is 12.4 Å². The average molecular weight is 309 g/mol. The highest BCUT2D eigenvalue weighted by molar-refractivity contribution is 6.02. The van der Waals surface area contributed by atoms with Gasteiger partial charge >= 0.3 is 0 Å². The number of benzene rings is 2. The smallest absolute Gasteiger partial charge is 0.248 e. The van der Waals surface area contributed by atoms with Gasteiger partial charge in [-0.2, -0.15) is 0 Å². The van der Waals surface area contributed by atoms with E-state index in [1.165, 1.54) is 24.5 Å². The quantitative estimate of drug-likeness (QED) is 0.754. The molecular weight excluding hydrogens is 286 g/mol. The van der Waals surface area contributed by atoms with Gasteiger partial charge in [-0.15, -0.1) is 0 Å². The maximum atomic E-state index is 12.0. The van der Waals surface area contributed by atoms with Crippen molar-refractivity contribution in [1.29, 1.82) is 0 Å². The van der Waals surface area contributed by atoms with Crippen LogP contribution in [0.1, 0.15) is 30.9 Å². The van der Waals surface area contributed by atoms with Crippen molar-refractivity contribution in [3.8, 4) is 5.75 Å². The summed E-state index contributed by atoms with van der Waals surface area (Å²) < 4.78 is 5.26. The summed E-state index contributed by atoms with van der Waals surface area (Å²) >= 11 is 0. The number of para-hydroxylation sites is 1. The zero-order chi connectivity index (χ0) is 16.5. The van der Waals surface area contributed by atoms with Gasteiger partial charge in [0, 0.05) is 17.3 Å². The third kappa shape index (κ3) is 5.29. The Morgan fingerprint density at radius 1 is 1.13 bits per heavy atom. The number of nitrogens with one attached hydrogen (secondary N) is 1. The highest BCUT2D eigenvalue weighted by atomic mass is 16.5. The lowest BCUT2D eigenvalue weighted by molar-refractivity contribution is -0.111. The number of anilines is 1. The van der Waals surface area contributed by atoms with Gasteiger partial charge < -0.3 is 10.1 Å². The first kappa shape index (κ1) is 16.8. The number of aryl methyl sites for hydroxylation is 1. The Balaban J connectivity index is 1.95. The molecule has 0 radical (unpaired) electrons. The lowest BCUT2D eigenvalue weighted by Gasteiger charge is -2.05. The minimum atomic E-state index is -0.155. The molecule has 0 heterocycles. The van der Waals surface area contributed by atoms with E-state index in [9.17, 15) is 4.79 Å². The molecule has 2 aromatic rings. The van der Waals surface area contributed by atoms with E-state index in [0.29, 0.717) is 0 Å². The van der Waals surface area contributed by atoms with Crippen LogP contribution < -0.4 is 10.1 Å². The third-order valence-corrected chi connectivity index (χ3v) is 3.59. The Hall–Kier alpha value is -2.55. The zero-order valence-corrected chi connectivity index (χ0v) is 13.7. The molecule has 0 aliphatic carbocycles. The number of carbonyl (C=O) groups excluding carboxylic acids is 1. The van der Waals surface area contributed by atoms with Crippen LogP contribution >= 0.6 is 0 Å². The van der Waals surface area contributed by atoms with Crippen LogP contribution in [-0.2, 0) is 11.2 Å². The van der Waals surface area contributed by atoms with E-state index < -0.39 is 0 Å². The maximum Gasteiger partial charge on any atom is 0.248 e. The number of methoxy groups -OCH3 is 1. The lowest BCUT2D eigenvalue weighted by Crippen LogP contribution is -2.07. The standard InChI is InChI=1S/C20H23NO2/c1-3-4-7-16-10-13-18(14-11-16)21-20(22)15-12-17-8-5-6-9-19(17)23-2/h5-6,8-15H,3-4,7H2,1-2H3,(H,21,22). The summed E-state index contributed by atoms with van der Waals surface area (Å²) in [6.07, 6.45) is 6.73. The van der Waals surface area contributed by atoms with Gasteiger partial charge in [0.05, 0.1) is 7.11 Å². The summed E-state index contributed by atoms with van der Waals surface area (Å²) in [5.74, 6) is 0.592. The monoisotopic (exact) mass is 309 g/mol. The molecule has 0 saturated carbocycles. The van der Waals surface area contributed by atoms with Crippen LogP contribution in [0.5, 0.6) is 5.75 Å². The molecule has 1 amide bonds. The molecule has 0 aliphatic heterocycles. The number of unbranched alkanes of at least 4 members (excludes halogenated alkanes) is 1. The molecule has 0 spiro atoms. The SMILES string of the molecule is CCCCc1ccc(NC(=O)C=Cc2ccccc2OC)cc1. The van der Waals surface area contributed by atoms with Gasteiger partial charge in [0.15, 0.2) is 0 Å². The first-order valence-corrected chi connectivity index (χ1v) is 7.94. The molecule has 0 aromatic heterocycles. The fourth-order valence-electron chi connectivity index (χ4n) is 2.29. The van der Waals surface area contributed by atoms with Gasteiger partial charge in [0.25, 0.3) is 0 Å². The summed E-state index contributed by atoms with van der Waals surface area (Å²) in [6.45, 7) is 2.18. The summed E-state index contributed by atoms with van der Waals surface area (Å²) in [5, 5.41) is 2.87. The molecule has 0 atom stereocenters. The van der Waals surface area contributed by atoms with Gasteiger partial charge in [-0.3, -0.25) is 4.79 Å². The normalized spacial score (nSPS) is 10.7. The first-order chi connectivity index (χ1) is 11.2. The topological polar surface area (TPSA) is 38.3 Å². The van der Waals surface area contributed by atoms with Crippen molar-refractivity contribution in [3.63, 3.8) is 0 Å². The van der Waals surface area contributed by atoms with Crippen molar-refractivity contribution in [2.45, 2.75) is 26.2 Å². The molecule has 0 aliphatic rings. The summed E-state index contributed by atoms with van der Waals surface area (Å²) in [4.78, 5) is 12.0. The molecule has 120 valence electrons. The Labute approximate surface area is 138 Å². The number of carbonyl (C=O) groups is 1. The van der Waals surface area contributed by atoms with Crippen LogP contribution in [0.2, 0.25) is 0 Å². The molecule has 0 unspecified atom stereocenters. The molecule has 3 heteroatoms. The molecule has 23 heavy (non-hydrogen) atoms. The van der Waals surface area contributed by atoms with Crippen molar-refractivity contribution >= 4 is 17.7 Å². The Bertz CT molecular complexity index is 660. The Kier molecular flexibility index (Phi) is 6.42.